The number of fused-ring (bicyclic) bond motifs is 1. The van der Waals surface area contributed by atoms with E-state index in [1.54, 1.807) is 19.1 Å². The first-order chi connectivity index (χ1) is 15.9. The highest BCUT2D eigenvalue weighted by Gasteiger charge is 2.26. The molecule has 1 atom stereocenters. The molecule has 0 spiro atoms. The molecule has 1 saturated carbocycles. The molecule has 1 aliphatic rings. The molecule has 1 amide bonds. The van der Waals surface area contributed by atoms with Crippen LogP contribution in [0.4, 0.5) is 5.69 Å². The van der Waals surface area contributed by atoms with E-state index in [0.717, 1.165) is 37.0 Å². The van der Waals surface area contributed by atoms with Crippen molar-refractivity contribution in [3.63, 3.8) is 0 Å². The predicted octanol–water partition coefficient (Wildman–Crippen LogP) is 4.55. The number of rotatable bonds is 6. The average Bonchev–Trinajstić information content (AvgIpc) is 3.15. The molecule has 1 aromatic carbocycles. The number of aromatic hydroxyl groups is 1. The summed E-state index contributed by atoms with van der Waals surface area (Å²) in [6, 6.07) is 5.33. The van der Waals surface area contributed by atoms with Crippen molar-refractivity contribution in [1.29, 1.82) is 0 Å². The average molecular weight is 470 g/mol. The highest BCUT2D eigenvalue weighted by atomic mass is 32.1. The number of thiophene rings is 1. The highest BCUT2D eigenvalue weighted by Crippen LogP contribution is 2.30. The van der Waals surface area contributed by atoms with Crippen molar-refractivity contribution in [3.05, 3.63) is 51.4 Å². The van der Waals surface area contributed by atoms with Crippen LogP contribution in [0.5, 0.6) is 5.75 Å². The molecule has 3 aromatic rings. The summed E-state index contributed by atoms with van der Waals surface area (Å²) in [7, 11) is 0. The standard InChI is InChI=1S/C24H27N3O5S/c1-3-18(21(29)26-15-9-11-16(28)12-10-15)27-13-25-22-19(23(27)30)14(2)20(33-22)24(31)32-17-7-5-4-6-8-17/h9-13,17-18,28H,3-8H2,1-2H3,(H,26,29). The number of nitrogens with zero attached hydrogens (tertiary/aromatic N) is 2. The fourth-order valence-electron chi connectivity index (χ4n) is 4.22. The summed E-state index contributed by atoms with van der Waals surface area (Å²) in [5.41, 5.74) is 0.687. The van der Waals surface area contributed by atoms with Crippen LogP contribution in [-0.2, 0) is 9.53 Å². The number of ether oxygens (including phenoxy) is 1. The Morgan fingerprint density at radius 1 is 1.24 bits per heavy atom. The Morgan fingerprint density at radius 3 is 2.61 bits per heavy atom. The Kier molecular flexibility index (Phi) is 6.78. The number of aryl methyl sites for hydroxylation is 1. The zero-order valence-electron chi connectivity index (χ0n) is 18.7. The Morgan fingerprint density at radius 2 is 1.94 bits per heavy atom. The molecule has 33 heavy (non-hydrogen) atoms. The predicted molar refractivity (Wildman–Crippen MR) is 127 cm³/mol. The van der Waals surface area contributed by atoms with E-state index in [-0.39, 0.29) is 23.3 Å². The number of hydrogen-bond acceptors (Lipinski definition) is 7. The van der Waals surface area contributed by atoms with Gasteiger partial charge in [-0.15, -0.1) is 11.3 Å². The van der Waals surface area contributed by atoms with Gasteiger partial charge in [-0.05, 0) is 68.9 Å². The van der Waals surface area contributed by atoms with E-state index in [1.807, 2.05) is 6.92 Å². The van der Waals surface area contributed by atoms with Gasteiger partial charge in [0, 0.05) is 5.69 Å². The van der Waals surface area contributed by atoms with E-state index in [0.29, 0.717) is 32.8 Å². The van der Waals surface area contributed by atoms with Crippen LogP contribution in [-0.4, -0.2) is 32.6 Å². The van der Waals surface area contributed by atoms with E-state index in [1.165, 1.54) is 29.4 Å². The van der Waals surface area contributed by atoms with Gasteiger partial charge < -0.3 is 15.2 Å². The molecule has 2 aromatic heterocycles. The molecule has 9 heteroatoms. The molecule has 1 fully saturated rings. The first kappa shape index (κ1) is 23.0. The fourth-order valence-corrected chi connectivity index (χ4v) is 5.24. The second-order valence-corrected chi connectivity index (χ2v) is 9.32. The molecule has 0 aliphatic heterocycles. The van der Waals surface area contributed by atoms with Gasteiger partial charge in [-0.25, -0.2) is 9.78 Å². The normalized spacial score (nSPS) is 15.3. The molecule has 4 rings (SSSR count). The molecule has 1 unspecified atom stereocenters. The number of benzene rings is 1. The monoisotopic (exact) mass is 469 g/mol. The summed E-state index contributed by atoms with van der Waals surface area (Å²) in [5, 5.41) is 12.5. The quantitative estimate of drug-likeness (QED) is 0.405. The lowest BCUT2D eigenvalue weighted by atomic mass is 9.98. The maximum atomic E-state index is 13.3. The Bertz CT molecular complexity index is 1230. The number of carbonyl (C=O) groups excluding carboxylic acids is 2. The fraction of sp³-hybridized carbons (Fsp3) is 0.417. The van der Waals surface area contributed by atoms with E-state index in [4.69, 9.17) is 4.74 Å². The number of anilines is 1. The minimum atomic E-state index is -0.778. The topological polar surface area (TPSA) is 111 Å². The van der Waals surface area contributed by atoms with E-state index >= 15 is 0 Å². The molecule has 174 valence electrons. The number of phenols is 1. The van der Waals surface area contributed by atoms with Crippen LogP contribution < -0.4 is 10.9 Å². The highest BCUT2D eigenvalue weighted by molar-refractivity contribution is 7.20. The number of amides is 1. The van der Waals surface area contributed by atoms with Gasteiger partial charge in [0.2, 0.25) is 5.91 Å². The lowest BCUT2D eigenvalue weighted by Gasteiger charge is -2.21. The first-order valence-electron chi connectivity index (χ1n) is 11.2. The largest absolute Gasteiger partial charge is 0.508 e. The third kappa shape index (κ3) is 4.78. The number of esters is 1. The number of aromatic nitrogens is 2. The van der Waals surface area contributed by atoms with Crippen LogP contribution in [0.2, 0.25) is 0 Å². The number of phenolic OH excluding ortho intramolecular Hbond substituents is 1. The SMILES string of the molecule is CCC(C(=O)Nc1ccc(O)cc1)n1cnc2sc(C(=O)OC3CCCCC3)c(C)c2c1=O. The molecule has 0 radical (unpaired) electrons. The van der Waals surface area contributed by atoms with Crippen LogP contribution in [0.25, 0.3) is 10.2 Å². The van der Waals surface area contributed by atoms with Crippen LogP contribution in [0.3, 0.4) is 0 Å². The second kappa shape index (κ2) is 9.74. The van der Waals surface area contributed by atoms with Crippen molar-refractivity contribution in [1.82, 2.24) is 9.55 Å². The number of hydrogen-bond donors (Lipinski definition) is 2. The Labute approximate surface area is 195 Å². The van der Waals surface area contributed by atoms with Gasteiger partial charge >= 0.3 is 5.97 Å². The van der Waals surface area contributed by atoms with Gasteiger partial charge in [0.25, 0.3) is 5.56 Å². The lowest BCUT2D eigenvalue weighted by Crippen LogP contribution is -2.33. The smallest absolute Gasteiger partial charge is 0.348 e. The lowest BCUT2D eigenvalue weighted by molar-refractivity contribution is -0.119. The molecule has 0 bridgehead atoms. The zero-order valence-corrected chi connectivity index (χ0v) is 19.5. The number of nitrogens with one attached hydrogen (secondary N) is 1. The van der Waals surface area contributed by atoms with Crippen LogP contribution in [0.1, 0.15) is 66.7 Å². The van der Waals surface area contributed by atoms with Gasteiger partial charge in [-0.2, -0.15) is 0 Å². The minimum Gasteiger partial charge on any atom is -0.508 e. The van der Waals surface area contributed by atoms with Crippen LogP contribution in [0.15, 0.2) is 35.4 Å². The van der Waals surface area contributed by atoms with Crippen molar-refractivity contribution in [2.24, 2.45) is 0 Å². The number of carbonyl (C=O) groups is 2. The van der Waals surface area contributed by atoms with Crippen molar-refractivity contribution < 1.29 is 19.4 Å². The van der Waals surface area contributed by atoms with Gasteiger partial charge in [-0.3, -0.25) is 14.2 Å². The van der Waals surface area contributed by atoms with Crippen molar-refractivity contribution in [3.8, 4) is 5.75 Å². The molecule has 8 nitrogen and oxygen atoms in total. The summed E-state index contributed by atoms with van der Waals surface area (Å²) in [6.07, 6.45) is 6.68. The van der Waals surface area contributed by atoms with Crippen molar-refractivity contribution in [2.45, 2.75) is 64.5 Å². The summed E-state index contributed by atoms with van der Waals surface area (Å²) in [4.78, 5) is 44.3. The van der Waals surface area contributed by atoms with E-state index < -0.39 is 12.0 Å². The summed E-state index contributed by atoms with van der Waals surface area (Å²) < 4.78 is 7.01. The van der Waals surface area contributed by atoms with Crippen molar-refractivity contribution >= 4 is 39.1 Å². The first-order valence-corrected chi connectivity index (χ1v) is 12.0. The Balaban J connectivity index is 1.61. The molecule has 1 aliphatic carbocycles. The molecule has 0 saturated heterocycles. The second-order valence-electron chi connectivity index (χ2n) is 8.32. The maximum absolute atomic E-state index is 13.3. The zero-order chi connectivity index (χ0) is 23.5. The van der Waals surface area contributed by atoms with E-state index in [9.17, 15) is 19.5 Å². The van der Waals surface area contributed by atoms with Gasteiger partial charge in [0.15, 0.2) is 0 Å². The summed E-state index contributed by atoms with van der Waals surface area (Å²) in [6.45, 7) is 3.53. The third-order valence-corrected chi connectivity index (χ3v) is 7.23. The van der Waals surface area contributed by atoms with E-state index in [2.05, 4.69) is 10.3 Å². The summed E-state index contributed by atoms with van der Waals surface area (Å²) in [5.74, 6) is -0.682. The van der Waals surface area contributed by atoms with Gasteiger partial charge in [0.1, 0.15) is 27.6 Å². The minimum absolute atomic E-state index is 0.0754. The molecule has 2 heterocycles. The van der Waals surface area contributed by atoms with Crippen LogP contribution in [0, 0.1) is 6.92 Å². The third-order valence-electron chi connectivity index (χ3n) is 6.05. The molecular weight excluding hydrogens is 442 g/mol. The summed E-state index contributed by atoms with van der Waals surface area (Å²) >= 11 is 1.15. The van der Waals surface area contributed by atoms with Crippen molar-refractivity contribution in [2.75, 3.05) is 5.32 Å². The van der Waals surface area contributed by atoms with Crippen LogP contribution >= 0.6 is 11.3 Å². The van der Waals surface area contributed by atoms with Gasteiger partial charge in [-0.1, -0.05) is 13.3 Å². The maximum Gasteiger partial charge on any atom is 0.348 e. The molecule has 2 N–H and O–H groups in total. The Hall–Kier alpha value is -3.20. The van der Waals surface area contributed by atoms with Gasteiger partial charge in [0.05, 0.1) is 11.7 Å². The molecular formula is C24H27N3O5S.